The summed E-state index contributed by atoms with van der Waals surface area (Å²) < 4.78 is 5.35. The number of morpholine rings is 1. The van der Waals surface area contributed by atoms with Crippen molar-refractivity contribution in [1.82, 2.24) is 15.1 Å². The predicted molar refractivity (Wildman–Crippen MR) is 119 cm³/mol. The monoisotopic (exact) mass is 433 g/mol. The van der Waals surface area contributed by atoms with E-state index in [-0.39, 0.29) is 17.7 Å². The molecule has 6 nitrogen and oxygen atoms in total. The number of aryl methyl sites for hydroxylation is 1. The number of hydrogen-bond acceptors (Lipinski definition) is 5. The summed E-state index contributed by atoms with van der Waals surface area (Å²) in [6, 6.07) is 2.04. The molecule has 0 radical (unpaired) electrons. The van der Waals surface area contributed by atoms with Crippen LogP contribution in [0.2, 0.25) is 0 Å². The van der Waals surface area contributed by atoms with E-state index in [0.29, 0.717) is 26.3 Å². The molecular formula is C23H35N3O3S. The Morgan fingerprint density at radius 2 is 1.93 bits per heavy atom. The van der Waals surface area contributed by atoms with E-state index in [4.69, 9.17) is 4.74 Å². The molecule has 2 fully saturated rings. The van der Waals surface area contributed by atoms with E-state index in [1.807, 2.05) is 11.0 Å². The number of carbonyl (C=O) groups excluding carboxylic acids is 2. The molecule has 1 aromatic rings. The molecule has 3 heterocycles. The number of nitrogens with one attached hydrogen (secondary N) is 1. The topological polar surface area (TPSA) is 61.9 Å². The molecule has 1 aromatic heterocycles. The van der Waals surface area contributed by atoms with Gasteiger partial charge in [-0.1, -0.05) is 6.92 Å². The zero-order valence-electron chi connectivity index (χ0n) is 18.2. The summed E-state index contributed by atoms with van der Waals surface area (Å²) >= 11 is 1.62. The molecule has 0 bridgehead atoms. The zero-order valence-corrected chi connectivity index (χ0v) is 19.0. The number of nitrogens with zero attached hydrogens (tertiary/aromatic N) is 2. The zero-order chi connectivity index (χ0) is 20.9. The Bertz CT molecular complexity index is 736. The molecule has 0 spiro atoms. The lowest BCUT2D eigenvalue weighted by Gasteiger charge is -2.31. The molecule has 1 aliphatic carbocycles. The summed E-state index contributed by atoms with van der Waals surface area (Å²) in [6.07, 6.45) is 6.17. The van der Waals surface area contributed by atoms with Crippen LogP contribution in [0.3, 0.4) is 0 Å². The highest BCUT2D eigenvalue weighted by Crippen LogP contribution is 2.33. The number of rotatable bonds is 6. The molecule has 1 N–H and O–H groups in total. The van der Waals surface area contributed by atoms with Crippen LogP contribution < -0.4 is 5.32 Å². The summed E-state index contributed by atoms with van der Waals surface area (Å²) in [7, 11) is 0. The Balaban J connectivity index is 1.24. The average Bonchev–Trinajstić information content (AvgIpc) is 3.23. The van der Waals surface area contributed by atoms with Crippen molar-refractivity contribution in [3.8, 4) is 0 Å². The number of amides is 2. The summed E-state index contributed by atoms with van der Waals surface area (Å²) in [5.41, 5.74) is 1.20. The Hall–Kier alpha value is -1.44. The van der Waals surface area contributed by atoms with Gasteiger partial charge in [0.25, 0.3) is 5.91 Å². The van der Waals surface area contributed by atoms with Gasteiger partial charge >= 0.3 is 0 Å². The van der Waals surface area contributed by atoms with Gasteiger partial charge in [0.2, 0.25) is 5.91 Å². The van der Waals surface area contributed by atoms with Crippen molar-refractivity contribution >= 4 is 23.2 Å². The largest absolute Gasteiger partial charge is 0.378 e. The highest BCUT2D eigenvalue weighted by Gasteiger charge is 2.29. The van der Waals surface area contributed by atoms with E-state index >= 15 is 0 Å². The molecular weight excluding hydrogens is 398 g/mol. The molecule has 2 saturated heterocycles. The quantitative estimate of drug-likeness (QED) is 0.749. The van der Waals surface area contributed by atoms with Crippen LogP contribution in [-0.2, 0) is 22.4 Å². The molecule has 30 heavy (non-hydrogen) atoms. The van der Waals surface area contributed by atoms with Crippen LogP contribution >= 0.6 is 11.3 Å². The van der Waals surface area contributed by atoms with Crippen molar-refractivity contribution in [1.29, 1.82) is 0 Å². The number of thiophene rings is 1. The van der Waals surface area contributed by atoms with Crippen molar-refractivity contribution in [2.24, 2.45) is 11.8 Å². The van der Waals surface area contributed by atoms with Gasteiger partial charge in [-0.05, 0) is 75.7 Å². The minimum atomic E-state index is 0.0420. The Morgan fingerprint density at radius 1 is 1.17 bits per heavy atom. The molecule has 7 heteroatoms. The van der Waals surface area contributed by atoms with Crippen LogP contribution in [0.4, 0.5) is 0 Å². The van der Waals surface area contributed by atoms with Crippen molar-refractivity contribution in [3.63, 3.8) is 0 Å². The van der Waals surface area contributed by atoms with Crippen LogP contribution in [0, 0.1) is 11.8 Å². The maximum absolute atomic E-state index is 12.8. The van der Waals surface area contributed by atoms with Gasteiger partial charge in [-0.15, -0.1) is 11.3 Å². The molecule has 3 aliphatic rings. The first-order valence-corrected chi connectivity index (χ1v) is 12.4. The van der Waals surface area contributed by atoms with E-state index in [9.17, 15) is 9.59 Å². The van der Waals surface area contributed by atoms with Crippen LogP contribution in [0.5, 0.6) is 0 Å². The minimum Gasteiger partial charge on any atom is -0.378 e. The third kappa shape index (κ3) is 5.24. The van der Waals surface area contributed by atoms with E-state index in [2.05, 4.69) is 17.1 Å². The maximum atomic E-state index is 12.8. The molecule has 0 saturated carbocycles. The van der Waals surface area contributed by atoms with Gasteiger partial charge in [-0.3, -0.25) is 9.59 Å². The summed E-state index contributed by atoms with van der Waals surface area (Å²) in [5.74, 6) is 1.10. The molecule has 1 atom stereocenters. The number of hydrogen-bond donors (Lipinski definition) is 1. The average molecular weight is 434 g/mol. The second kappa shape index (κ2) is 10.2. The Kier molecular flexibility index (Phi) is 7.44. The SMILES string of the molecule is CCN1CCC(CCNC(=O)C2CCc3sc(C(=O)N4CCOCC4)cc3C2)CC1. The van der Waals surface area contributed by atoms with Gasteiger partial charge in [0, 0.05) is 30.4 Å². The number of likely N-dealkylation sites (tertiary alicyclic amines) is 1. The summed E-state index contributed by atoms with van der Waals surface area (Å²) in [4.78, 5) is 32.0. The van der Waals surface area contributed by atoms with Crippen molar-refractivity contribution in [3.05, 3.63) is 21.4 Å². The molecule has 0 aromatic carbocycles. The number of carbonyl (C=O) groups is 2. The van der Waals surface area contributed by atoms with E-state index in [1.54, 1.807) is 11.3 Å². The van der Waals surface area contributed by atoms with Gasteiger partial charge in [0.05, 0.1) is 18.1 Å². The van der Waals surface area contributed by atoms with Crippen LogP contribution in [0.1, 0.15) is 52.7 Å². The third-order valence-corrected chi connectivity index (χ3v) is 8.19. The lowest BCUT2D eigenvalue weighted by atomic mass is 9.87. The first kappa shape index (κ1) is 21.8. The number of fused-ring (bicyclic) bond motifs is 1. The smallest absolute Gasteiger partial charge is 0.264 e. The molecule has 4 rings (SSSR count). The fraction of sp³-hybridized carbons (Fsp3) is 0.739. The van der Waals surface area contributed by atoms with Crippen LogP contribution in [0.25, 0.3) is 0 Å². The highest BCUT2D eigenvalue weighted by atomic mass is 32.1. The van der Waals surface area contributed by atoms with Crippen LogP contribution in [-0.4, -0.2) is 74.1 Å². The van der Waals surface area contributed by atoms with Crippen molar-refractivity contribution in [2.75, 3.05) is 52.5 Å². The molecule has 2 aliphatic heterocycles. The van der Waals surface area contributed by atoms with E-state index < -0.39 is 0 Å². The minimum absolute atomic E-state index is 0.0420. The van der Waals surface area contributed by atoms with Crippen molar-refractivity contribution in [2.45, 2.75) is 45.4 Å². The fourth-order valence-electron chi connectivity index (χ4n) is 4.91. The summed E-state index contributed by atoms with van der Waals surface area (Å²) in [5, 5.41) is 3.20. The number of piperidine rings is 1. The van der Waals surface area contributed by atoms with Gasteiger partial charge in [0.1, 0.15) is 0 Å². The lowest BCUT2D eigenvalue weighted by molar-refractivity contribution is -0.125. The second-order valence-corrected chi connectivity index (χ2v) is 10.00. The first-order valence-electron chi connectivity index (χ1n) is 11.6. The highest BCUT2D eigenvalue weighted by molar-refractivity contribution is 7.14. The second-order valence-electron chi connectivity index (χ2n) is 8.86. The van der Waals surface area contributed by atoms with Gasteiger partial charge in [-0.25, -0.2) is 0 Å². The standard InChI is InChI=1S/C23H35N3O3S/c1-2-25-9-6-17(7-10-25)5-8-24-22(27)18-3-4-20-19(15-18)16-21(30-20)23(28)26-11-13-29-14-12-26/h16-18H,2-15H2,1H3,(H,24,27). The Labute approximate surface area is 183 Å². The molecule has 166 valence electrons. The fourth-order valence-corrected chi connectivity index (χ4v) is 6.09. The van der Waals surface area contributed by atoms with Crippen LogP contribution in [0.15, 0.2) is 6.07 Å². The predicted octanol–water partition coefficient (Wildman–Crippen LogP) is 2.56. The van der Waals surface area contributed by atoms with Gasteiger partial charge < -0.3 is 19.9 Å². The number of ether oxygens (including phenoxy) is 1. The van der Waals surface area contributed by atoms with Crippen molar-refractivity contribution < 1.29 is 14.3 Å². The first-order chi connectivity index (χ1) is 14.6. The van der Waals surface area contributed by atoms with E-state index in [0.717, 1.165) is 49.6 Å². The van der Waals surface area contributed by atoms with Gasteiger partial charge in [-0.2, -0.15) is 0 Å². The lowest BCUT2D eigenvalue weighted by Crippen LogP contribution is -2.40. The maximum Gasteiger partial charge on any atom is 0.264 e. The molecule has 2 amide bonds. The third-order valence-electron chi connectivity index (χ3n) is 6.97. The molecule has 1 unspecified atom stereocenters. The van der Waals surface area contributed by atoms with E-state index in [1.165, 1.54) is 36.4 Å². The van der Waals surface area contributed by atoms with Gasteiger partial charge in [0.15, 0.2) is 0 Å². The summed E-state index contributed by atoms with van der Waals surface area (Å²) in [6.45, 7) is 9.15. The Morgan fingerprint density at radius 3 is 2.67 bits per heavy atom. The normalized spacial score (nSPS) is 23.2.